The first-order valence-corrected chi connectivity index (χ1v) is 22.7. The predicted molar refractivity (Wildman–Crippen MR) is 224 cm³/mol. The van der Waals surface area contributed by atoms with Gasteiger partial charge in [0.25, 0.3) is 0 Å². The zero-order valence-electron chi connectivity index (χ0n) is 35.9. The van der Waals surface area contributed by atoms with Gasteiger partial charge in [0.1, 0.15) is 31.3 Å². The monoisotopic (exact) mass is 811 g/mol. The molecule has 0 aromatic carbocycles. The highest BCUT2D eigenvalue weighted by Crippen LogP contribution is 2.43. The van der Waals surface area contributed by atoms with Crippen LogP contribution in [0.4, 0.5) is 0 Å². The molecular formula is C44H77NO10P+. The average molecular weight is 811 g/mol. The Bertz CT molecular complexity index is 1350. The van der Waals surface area contributed by atoms with Crippen LogP contribution in [0.25, 0.3) is 0 Å². The lowest BCUT2D eigenvalue weighted by Crippen LogP contribution is -2.37. The largest absolute Gasteiger partial charge is 0.472 e. The van der Waals surface area contributed by atoms with Crippen LogP contribution in [0, 0.1) is 13.8 Å². The summed E-state index contributed by atoms with van der Waals surface area (Å²) in [4.78, 5) is 35.4. The third kappa shape index (κ3) is 27.2. The molecule has 0 saturated carbocycles. The maximum absolute atomic E-state index is 12.7. The number of rotatable bonds is 34. The topological polar surface area (TPSA) is 142 Å². The van der Waals surface area contributed by atoms with Crippen molar-refractivity contribution in [1.82, 2.24) is 0 Å². The number of phosphoric acid groups is 1. The van der Waals surface area contributed by atoms with E-state index in [1.165, 1.54) is 11.1 Å². The lowest BCUT2D eigenvalue weighted by molar-refractivity contribution is -0.870. The molecule has 0 amide bonds. The van der Waals surface area contributed by atoms with Crippen LogP contribution in [0.15, 0.2) is 40.9 Å². The van der Waals surface area contributed by atoms with Gasteiger partial charge in [0.05, 0.1) is 33.9 Å². The quantitative estimate of drug-likeness (QED) is 0.0173. The molecule has 0 aliphatic heterocycles. The summed E-state index contributed by atoms with van der Waals surface area (Å²) < 4.78 is 40.3. The Morgan fingerprint density at radius 3 is 2.02 bits per heavy atom. The van der Waals surface area contributed by atoms with E-state index in [4.69, 9.17) is 22.9 Å². The number of likely N-dealkylation sites (N-methyl/N-ethyl adjacent to an activating group) is 1. The SMILES string of the molecule is CC/C=C/C/C=C/C=C/C(O)CCCCCCCC(=O)O[C@H](COC(=O)CCCCCCCCc1oc(CCC)c(C)c1C)COP(=O)(O)OCC[N+](C)(C)C. The molecule has 2 unspecified atom stereocenters. The standard InChI is InChI=1S/C44H76NO10P/c1-8-10-11-12-13-17-22-28-39(46)29-23-18-16-21-26-32-44(48)54-40(36-53-56(49,50)52-34-33-45(5,6)7)35-51-43(47)31-25-20-15-14-19-24-30-42-38(4)37(3)41(55-42)27-9-2/h10-11,13,17,22,28,39-40,46H,8-9,12,14-16,18-21,23-27,29-36H2,1-7H3/p+1/b11-10+,17-13+,28-22+/t39?,40-/m1/s1. The molecular weight excluding hydrogens is 733 g/mol. The highest BCUT2D eigenvalue weighted by molar-refractivity contribution is 7.47. The zero-order chi connectivity index (χ0) is 41.7. The summed E-state index contributed by atoms with van der Waals surface area (Å²) in [6.45, 7) is 8.32. The number of aryl methyl sites for hydroxylation is 2. The van der Waals surface area contributed by atoms with Gasteiger partial charge < -0.3 is 28.4 Å². The van der Waals surface area contributed by atoms with Crippen LogP contribution in [-0.4, -0.2) is 86.1 Å². The first kappa shape index (κ1) is 51.5. The summed E-state index contributed by atoms with van der Waals surface area (Å²) in [5.41, 5.74) is 2.57. The number of hydrogen-bond acceptors (Lipinski definition) is 9. The van der Waals surface area contributed by atoms with Crippen molar-refractivity contribution >= 4 is 19.8 Å². The van der Waals surface area contributed by atoms with Gasteiger partial charge in [-0.3, -0.25) is 18.6 Å². The Morgan fingerprint density at radius 1 is 0.768 bits per heavy atom. The number of hydrogen-bond donors (Lipinski definition) is 2. The molecule has 1 aromatic heterocycles. The lowest BCUT2D eigenvalue weighted by atomic mass is 10.0. The molecule has 0 saturated heterocycles. The van der Waals surface area contributed by atoms with Crippen molar-refractivity contribution in [1.29, 1.82) is 0 Å². The molecule has 0 aliphatic rings. The lowest BCUT2D eigenvalue weighted by Gasteiger charge is -2.24. The second-order valence-electron chi connectivity index (χ2n) is 15.8. The maximum atomic E-state index is 12.7. The molecule has 2 N–H and O–H groups in total. The summed E-state index contributed by atoms with van der Waals surface area (Å²) in [6.07, 6.45) is 26.4. The Balaban J connectivity index is 2.42. The van der Waals surface area contributed by atoms with E-state index in [1.807, 2.05) is 33.3 Å². The molecule has 56 heavy (non-hydrogen) atoms. The van der Waals surface area contributed by atoms with Gasteiger partial charge >= 0.3 is 19.8 Å². The number of esters is 2. The average Bonchev–Trinajstić information content (AvgIpc) is 3.40. The first-order chi connectivity index (χ1) is 26.7. The van der Waals surface area contributed by atoms with Crippen LogP contribution in [0.5, 0.6) is 0 Å². The normalized spacial score (nSPS) is 14.5. The van der Waals surface area contributed by atoms with Gasteiger partial charge in [-0.15, -0.1) is 0 Å². The smallest absolute Gasteiger partial charge is 0.466 e. The molecule has 322 valence electrons. The predicted octanol–water partition coefficient (Wildman–Crippen LogP) is 9.98. The minimum atomic E-state index is -4.41. The number of allylic oxidation sites excluding steroid dienone is 5. The Labute approximate surface area is 339 Å². The Hall–Kier alpha value is -2.53. The van der Waals surface area contributed by atoms with Gasteiger partial charge in [0.15, 0.2) is 6.10 Å². The van der Waals surface area contributed by atoms with Crippen LogP contribution >= 0.6 is 7.82 Å². The van der Waals surface area contributed by atoms with Crippen LogP contribution in [-0.2, 0) is 45.5 Å². The van der Waals surface area contributed by atoms with Gasteiger partial charge in [0, 0.05) is 25.7 Å². The molecule has 0 radical (unpaired) electrons. The van der Waals surface area contributed by atoms with Crippen LogP contribution < -0.4 is 0 Å². The summed E-state index contributed by atoms with van der Waals surface area (Å²) >= 11 is 0. The highest BCUT2D eigenvalue weighted by Gasteiger charge is 2.27. The minimum Gasteiger partial charge on any atom is -0.466 e. The third-order valence-electron chi connectivity index (χ3n) is 9.46. The van der Waals surface area contributed by atoms with Crippen molar-refractivity contribution in [2.24, 2.45) is 0 Å². The number of aliphatic hydroxyl groups excluding tert-OH is 1. The second-order valence-corrected chi connectivity index (χ2v) is 17.2. The van der Waals surface area contributed by atoms with E-state index in [9.17, 15) is 24.2 Å². The number of nitrogens with zero attached hydrogens (tertiary/aromatic N) is 1. The molecule has 12 heteroatoms. The molecule has 0 fully saturated rings. The Kier molecular flexibility index (Phi) is 28.1. The third-order valence-corrected chi connectivity index (χ3v) is 10.4. The van der Waals surface area contributed by atoms with Gasteiger partial charge in [-0.05, 0) is 69.9 Å². The van der Waals surface area contributed by atoms with E-state index < -0.39 is 38.6 Å². The first-order valence-electron chi connectivity index (χ1n) is 21.2. The van der Waals surface area contributed by atoms with Gasteiger partial charge in [-0.25, -0.2) is 4.57 Å². The van der Waals surface area contributed by atoms with E-state index in [1.54, 1.807) is 6.08 Å². The van der Waals surface area contributed by atoms with Crippen molar-refractivity contribution < 1.29 is 51.6 Å². The van der Waals surface area contributed by atoms with E-state index in [0.717, 1.165) is 101 Å². The molecule has 3 atom stereocenters. The number of furan rings is 1. The van der Waals surface area contributed by atoms with Crippen LogP contribution in [0.1, 0.15) is 146 Å². The number of ether oxygens (including phenoxy) is 2. The van der Waals surface area contributed by atoms with Gasteiger partial charge in [-0.1, -0.05) is 102 Å². The summed E-state index contributed by atoms with van der Waals surface area (Å²) in [7, 11) is 1.38. The summed E-state index contributed by atoms with van der Waals surface area (Å²) in [6, 6.07) is 0. The van der Waals surface area contributed by atoms with Gasteiger partial charge in [-0.2, -0.15) is 0 Å². The fourth-order valence-electron chi connectivity index (χ4n) is 5.89. The molecule has 11 nitrogen and oxygen atoms in total. The van der Waals surface area contributed by atoms with E-state index in [2.05, 4.69) is 45.9 Å². The second kappa shape index (κ2) is 30.5. The van der Waals surface area contributed by atoms with Crippen molar-refractivity contribution in [2.75, 3.05) is 47.5 Å². The number of carbonyl (C=O) groups excluding carboxylic acids is 2. The number of unbranched alkanes of at least 4 members (excludes halogenated alkanes) is 9. The van der Waals surface area contributed by atoms with E-state index >= 15 is 0 Å². The highest BCUT2D eigenvalue weighted by atomic mass is 31.2. The molecule has 0 bridgehead atoms. The molecule has 0 aliphatic carbocycles. The Morgan fingerprint density at radius 2 is 1.38 bits per heavy atom. The minimum absolute atomic E-state index is 0.00413. The maximum Gasteiger partial charge on any atom is 0.472 e. The number of quaternary nitrogens is 1. The van der Waals surface area contributed by atoms with Crippen molar-refractivity contribution in [3.8, 4) is 0 Å². The number of carbonyl (C=O) groups is 2. The number of aliphatic hydroxyl groups is 1. The molecule has 0 spiro atoms. The van der Waals surface area contributed by atoms with Crippen molar-refractivity contribution in [3.05, 3.63) is 59.1 Å². The molecule has 1 rings (SSSR count). The fourth-order valence-corrected chi connectivity index (χ4v) is 6.63. The summed E-state index contributed by atoms with van der Waals surface area (Å²) in [5, 5.41) is 10.2. The molecule has 1 aromatic rings. The fraction of sp³-hybridized carbons (Fsp3) is 0.727. The number of phosphoric ester groups is 1. The zero-order valence-corrected chi connectivity index (χ0v) is 36.8. The summed E-state index contributed by atoms with van der Waals surface area (Å²) in [5.74, 6) is 1.32. The van der Waals surface area contributed by atoms with Crippen molar-refractivity contribution in [3.63, 3.8) is 0 Å². The van der Waals surface area contributed by atoms with E-state index in [0.29, 0.717) is 30.3 Å². The van der Waals surface area contributed by atoms with Gasteiger partial charge in [0.2, 0.25) is 0 Å². The van der Waals surface area contributed by atoms with Crippen LogP contribution in [0.2, 0.25) is 0 Å². The molecule has 1 heterocycles. The van der Waals surface area contributed by atoms with Crippen LogP contribution in [0.3, 0.4) is 0 Å². The van der Waals surface area contributed by atoms with E-state index in [-0.39, 0.29) is 26.1 Å². The van der Waals surface area contributed by atoms with Crippen molar-refractivity contribution in [2.45, 2.75) is 162 Å².